The Hall–Kier alpha value is -3.83. The van der Waals surface area contributed by atoms with E-state index in [1.165, 1.54) is 5.56 Å². The van der Waals surface area contributed by atoms with Crippen molar-refractivity contribution in [2.45, 2.75) is 51.9 Å². The van der Waals surface area contributed by atoms with E-state index in [-0.39, 0.29) is 43.4 Å². The zero-order valence-corrected chi connectivity index (χ0v) is 22.3. The first-order valence-electron chi connectivity index (χ1n) is 13.3. The summed E-state index contributed by atoms with van der Waals surface area (Å²) in [7, 11) is 0. The van der Waals surface area contributed by atoms with Gasteiger partial charge in [0, 0.05) is 13.1 Å². The highest BCUT2D eigenvalue weighted by molar-refractivity contribution is 5.91. The van der Waals surface area contributed by atoms with Crippen molar-refractivity contribution in [1.29, 1.82) is 0 Å². The summed E-state index contributed by atoms with van der Waals surface area (Å²) >= 11 is 0. The molecule has 2 saturated heterocycles. The van der Waals surface area contributed by atoms with E-state index in [0.717, 1.165) is 18.4 Å². The quantitative estimate of drug-likeness (QED) is 0.521. The molecule has 0 aromatic heterocycles. The molecule has 0 saturated carbocycles. The molecule has 0 aliphatic carbocycles. The summed E-state index contributed by atoms with van der Waals surface area (Å²) in [5.41, 5.74) is 2.18. The molecule has 38 heavy (non-hydrogen) atoms. The van der Waals surface area contributed by atoms with Crippen LogP contribution >= 0.6 is 0 Å². The molecule has 0 spiro atoms. The van der Waals surface area contributed by atoms with E-state index < -0.39 is 12.2 Å². The third-order valence-electron chi connectivity index (χ3n) is 7.03. The van der Waals surface area contributed by atoms with Crippen LogP contribution in [0.4, 0.5) is 4.79 Å². The number of terminal acetylenes is 1. The van der Waals surface area contributed by atoms with Crippen molar-refractivity contribution in [3.8, 4) is 12.3 Å². The zero-order valence-electron chi connectivity index (χ0n) is 22.3. The highest BCUT2D eigenvalue weighted by atomic mass is 16.2. The summed E-state index contributed by atoms with van der Waals surface area (Å²) in [6, 6.07) is 18.9. The predicted molar refractivity (Wildman–Crippen MR) is 146 cm³/mol. The third-order valence-corrected chi connectivity index (χ3v) is 7.03. The molecule has 4 rings (SSSR count). The Morgan fingerprint density at radius 3 is 2.34 bits per heavy atom. The number of rotatable bonds is 9. The fourth-order valence-electron chi connectivity index (χ4n) is 5.29. The van der Waals surface area contributed by atoms with E-state index in [1.54, 1.807) is 14.9 Å². The molecule has 8 nitrogen and oxygen atoms in total. The summed E-state index contributed by atoms with van der Waals surface area (Å²) in [6.45, 7) is 5.29. The Balaban J connectivity index is 1.57. The minimum absolute atomic E-state index is 0.0463. The number of nitrogens with zero attached hydrogens (tertiary/aromatic N) is 4. The lowest BCUT2D eigenvalue weighted by Gasteiger charge is -2.55. The molecule has 2 heterocycles. The number of hydrogen-bond acceptors (Lipinski definition) is 4. The Labute approximate surface area is 225 Å². The van der Waals surface area contributed by atoms with Crippen molar-refractivity contribution in [3.63, 3.8) is 0 Å². The molecule has 4 amide bonds. The van der Waals surface area contributed by atoms with Gasteiger partial charge in [0.25, 0.3) is 0 Å². The lowest BCUT2D eigenvalue weighted by atomic mass is 9.96. The maximum atomic E-state index is 13.7. The molecule has 1 unspecified atom stereocenters. The first-order valence-corrected chi connectivity index (χ1v) is 13.3. The largest absolute Gasteiger partial charge is 0.337 e. The number of amides is 4. The minimum atomic E-state index is -0.626. The van der Waals surface area contributed by atoms with Crippen molar-refractivity contribution in [1.82, 2.24) is 25.1 Å². The average Bonchev–Trinajstić information content (AvgIpc) is 2.90. The van der Waals surface area contributed by atoms with Gasteiger partial charge in [-0.05, 0) is 36.3 Å². The second-order valence-corrected chi connectivity index (χ2v) is 10.3. The molecule has 0 radical (unpaired) electrons. The third kappa shape index (κ3) is 6.35. The number of carbonyl (C=O) groups is 3. The number of hydrogen-bond donors (Lipinski definition) is 1. The number of fused-ring (bicyclic) bond motifs is 1. The second kappa shape index (κ2) is 12.6. The van der Waals surface area contributed by atoms with Crippen molar-refractivity contribution >= 4 is 17.8 Å². The van der Waals surface area contributed by atoms with Crippen molar-refractivity contribution in [2.75, 3.05) is 26.2 Å². The smallest absolute Gasteiger partial charge is 0.334 e. The van der Waals surface area contributed by atoms with Crippen molar-refractivity contribution in [3.05, 3.63) is 71.8 Å². The van der Waals surface area contributed by atoms with Gasteiger partial charge in [-0.15, -0.1) is 6.42 Å². The van der Waals surface area contributed by atoms with Crippen molar-refractivity contribution < 1.29 is 14.4 Å². The van der Waals surface area contributed by atoms with Gasteiger partial charge in [0.2, 0.25) is 11.8 Å². The maximum absolute atomic E-state index is 13.7. The van der Waals surface area contributed by atoms with Gasteiger partial charge < -0.3 is 15.1 Å². The molecule has 2 aliphatic heterocycles. The normalized spacial score (nSPS) is 19.9. The summed E-state index contributed by atoms with van der Waals surface area (Å²) < 4.78 is 0. The Morgan fingerprint density at radius 1 is 1.05 bits per heavy atom. The standard InChI is InChI=1S/C30H37N5O3/c1-4-17-33-22-28(36)34-26(19-23(2)3)29(37)32(18-11-16-24-12-7-5-8-13-24)21-27(34)35(33)30(38)31-20-25-14-9-6-10-15-25/h1,5-10,12-15,23,26-27H,11,16-22H2,2-3H3,(H,31,38)/t26-,27?/m0/s1. The number of nitrogens with one attached hydrogen (secondary N) is 1. The predicted octanol–water partition coefficient (Wildman–Crippen LogP) is 3.11. The first kappa shape index (κ1) is 27.2. The van der Waals surface area contributed by atoms with Gasteiger partial charge in [-0.2, -0.15) is 5.01 Å². The molecule has 1 N–H and O–H groups in total. The summed E-state index contributed by atoms with van der Waals surface area (Å²) in [6.07, 6.45) is 7.17. The molecule has 2 atom stereocenters. The number of carbonyl (C=O) groups excluding carboxylic acids is 3. The molecule has 200 valence electrons. The van der Waals surface area contributed by atoms with Crippen LogP contribution < -0.4 is 5.32 Å². The van der Waals surface area contributed by atoms with E-state index in [1.807, 2.05) is 67.3 Å². The summed E-state index contributed by atoms with van der Waals surface area (Å²) in [5, 5.41) is 6.17. The molecule has 2 aliphatic rings. The van der Waals surface area contributed by atoms with Crippen LogP contribution in [0.5, 0.6) is 0 Å². The number of hydrazine groups is 1. The van der Waals surface area contributed by atoms with Crippen LogP contribution in [0, 0.1) is 18.3 Å². The van der Waals surface area contributed by atoms with Crippen molar-refractivity contribution in [2.24, 2.45) is 5.92 Å². The summed E-state index contributed by atoms with van der Waals surface area (Å²) in [4.78, 5) is 44.1. The van der Waals surface area contributed by atoms with Crippen LogP contribution in [0.1, 0.15) is 37.8 Å². The zero-order chi connectivity index (χ0) is 27.1. The SMILES string of the molecule is C#CCN1CC(=O)N2C(CN(CCCc3ccccc3)C(=O)[C@@H]2CC(C)C)N1C(=O)NCc1ccccc1. The number of benzene rings is 2. The fraction of sp³-hybridized carbons (Fsp3) is 0.433. The van der Waals surface area contributed by atoms with E-state index >= 15 is 0 Å². The lowest BCUT2D eigenvalue weighted by Crippen LogP contribution is -2.76. The number of urea groups is 1. The Kier molecular flexibility index (Phi) is 9.03. The first-order chi connectivity index (χ1) is 18.4. The van der Waals surface area contributed by atoms with Gasteiger partial charge in [0.05, 0.1) is 19.6 Å². The van der Waals surface area contributed by atoms with Crippen LogP contribution in [0.15, 0.2) is 60.7 Å². The second-order valence-electron chi connectivity index (χ2n) is 10.3. The van der Waals surface area contributed by atoms with E-state index in [4.69, 9.17) is 6.42 Å². The van der Waals surface area contributed by atoms with Gasteiger partial charge in [-0.25, -0.2) is 9.80 Å². The van der Waals surface area contributed by atoms with Crippen LogP contribution in [0.25, 0.3) is 0 Å². The summed E-state index contributed by atoms with van der Waals surface area (Å²) in [5.74, 6) is 2.55. The number of piperazine rings is 1. The Morgan fingerprint density at radius 2 is 1.71 bits per heavy atom. The van der Waals surface area contributed by atoms with E-state index in [9.17, 15) is 14.4 Å². The van der Waals surface area contributed by atoms with Crippen LogP contribution in [0.2, 0.25) is 0 Å². The molecular weight excluding hydrogens is 478 g/mol. The minimum Gasteiger partial charge on any atom is -0.337 e. The fourth-order valence-corrected chi connectivity index (χ4v) is 5.29. The van der Waals surface area contributed by atoms with Gasteiger partial charge in [0.15, 0.2) is 0 Å². The van der Waals surface area contributed by atoms with E-state index in [0.29, 0.717) is 19.5 Å². The van der Waals surface area contributed by atoms with Gasteiger partial charge >= 0.3 is 6.03 Å². The molecule has 2 aromatic rings. The topological polar surface area (TPSA) is 76.2 Å². The van der Waals surface area contributed by atoms with Gasteiger partial charge in [-0.3, -0.25) is 9.59 Å². The van der Waals surface area contributed by atoms with Gasteiger partial charge in [0.1, 0.15) is 12.2 Å². The highest BCUT2D eigenvalue weighted by Gasteiger charge is 2.51. The number of aryl methyl sites for hydroxylation is 1. The molecule has 0 bridgehead atoms. The molecule has 2 aromatic carbocycles. The molecular formula is C30H37N5O3. The van der Waals surface area contributed by atoms with Crippen LogP contribution in [0.3, 0.4) is 0 Å². The molecule has 2 fully saturated rings. The van der Waals surface area contributed by atoms with Crippen LogP contribution in [-0.2, 0) is 22.6 Å². The average molecular weight is 516 g/mol. The van der Waals surface area contributed by atoms with Crippen LogP contribution in [-0.4, -0.2) is 76.0 Å². The lowest BCUT2D eigenvalue weighted by molar-refractivity contribution is -0.189. The highest BCUT2D eigenvalue weighted by Crippen LogP contribution is 2.29. The monoisotopic (exact) mass is 515 g/mol. The Bertz CT molecular complexity index is 1150. The maximum Gasteiger partial charge on any atom is 0.334 e. The molecule has 8 heteroatoms. The van der Waals surface area contributed by atoms with E-state index in [2.05, 4.69) is 23.4 Å². The van der Waals surface area contributed by atoms with Gasteiger partial charge in [-0.1, -0.05) is 80.4 Å².